The molecule has 0 saturated carbocycles. The highest BCUT2D eigenvalue weighted by atomic mass is 32.1. The Morgan fingerprint density at radius 1 is 1.00 bits per heavy atom. The smallest absolute Gasteiger partial charge is 0.348 e. The first-order chi connectivity index (χ1) is 12.9. The second-order valence-corrected chi connectivity index (χ2v) is 6.76. The fraction of sp³-hybridized carbons (Fsp3) is 0.105. The van der Waals surface area contributed by atoms with Crippen LogP contribution in [0, 0.1) is 5.82 Å². The van der Waals surface area contributed by atoms with Crippen LogP contribution in [0.4, 0.5) is 15.8 Å². The highest BCUT2D eigenvalue weighted by Gasteiger charge is 2.14. The van der Waals surface area contributed by atoms with Gasteiger partial charge in [0.15, 0.2) is 6.61 Å². The van der Waals surface area contributed by atoms with Gasteiger partial charge in [-0.25, -0.2) is 9.18 Å². The summed E-state index contributed by atoms with van der Waals surface area (Å²) < 4.78 is 19.0. The number of nitrogens with one attached hydrogen (secondary N) is 2. The molecule has 0 atom stereocenters. The molecule has 8 heteroatoms. The van der Waals surface area contributed by atoms with Crippen LogP contribution in [-0.2, 0) is 14.3 Å². The fourth-order valence-electron chi connectivity index (χ4n) is 2.35. The zero-order valence-corrected chi connectivity index (χ0v) is 15.1. The summed E-state index contributed by atoms with van der Waals surface area (Å²) in [6.07, 6.45) is 0. The van der Waals surface area contributed by atoms with Crippen LogP contribution in [0.25, 0.3) is 10.1 Å². The Morgan fingerprint density at radius 3 is 2.33 bits per heavy atom. The molecule has 2 aromatic carbocycles. The third-order valence-corrected chi connectivity index (χ3v) is 4.60. The average molecular weight is 386 g/mol. The lowest BCUT2D eigenvalue weighted by atomic mass is 10.2. The molecule has 0 aliphatic heterocycles. The number of fused-ring (bicyclic) bond motifs is 1. The van der Waals surface area contributed by atoms with Gasteiger partial charge in [0.25, 0.3) is 5.91 Å². The number of esters is 1. The van der Waals surface area contributed by atoms with Gasteiger partial charge >= 0.3 is 5.97 Å². The number of hydrogen-bond acceptors (Lipinski definition) is 5. The lowest BCUT2D eigenvalue weighted by Crippen LogP contribution is -2.20. The van der Waals surface area contributed by atoms with E-state index in [9.17, 15) is 18.8 Å². The molecule has 1 heterocycles. The zero-order valence-electron chi connectivity index (χ0n) is 14.2. The maximum Gasteiger partial charge on any atom is 0.348 e. The molecule has 0 radical (unpaired) electrons. The van der Waals surface area contributed by atoms with Gasteiger partial charge in [-0.3, -0.25) is 9.59 Å². The maximum atomic E-state index is 13.2. The van der Waals surface area contributed by atoms with Crippen molar-refractivity contribution in [2.45, 2.75) is 6.92 Å². The van der Waals surface area contributed by atoms with Crippen LogP contribution in [0.15, 0.2) is 48.5 Å². The Hall–Kier alpha value is -3.26. The molecule has 2 amide bonds. The van der Waals surface area contributed by atoms with Crippen molar-refractivity contribution >= 4 is 50.6 Å². The van der Waals surface area contributed by atoms with E-state index in [1.54, 1.807) is 30.3 Å². The molecule has 0 saturated heterocycles. The van der Waals surface area contributed by atoms with Crippen molar-refractivity contribution in [3.8, 4) is 0 Å². The van der Waals surface area contributed by atoms with E-state index in [0.717, 1.165) is 4.70 Å². The summed E-state index contributed by atoms with van der Waals surface area (Å²) in [5.74, 6) is -1.72. The normalized spacial score (nSPS) is 10.4. The van der Waals surface area contributed by atoms with Crippen LogP contribution in [0.3, 0.4) is 0 Å². The molecule has 3 rings (SSSR count). The summed E-state index contributed by atoms with van der Waals surface area (Å²) in [6.45, 7) is 0.950. The Kier molecular flexibility index (Phi) is 5.46. The summed E-state index contributed by atoms with van der Waals surface area (Å²) in [4.78, 5) is 35.3. The number of thiophene rings is 1. The lowest BCUT2D eigenvalue weighted by Gasteiger charge is -2.07. The molecule has 0 spiro atoms. The van der Waals surface area contributed by atoms with Crippen LogP contribution in [0.1, 0.15) is 16.6 Å². The van der Waals surface area contributed by atoms with E-state index in [0.29, 0.717) is 21.6 Å². The van der Waals surface area contributed by atoms with Gasteiger partial charge in [-0.2, -0.15) is 0 Å². The van der Waals surface area contributed by atoms with Gasteiger partial charge in [0.1, 0.15) is 10.7 Å². The third kappa shape index (κ3) is 4.89. The Labute approximate surface area is 157 Å². The van der Waals surface area contributed by atoms with Gasteiger partial charge in [-0.15, -0.1) is 11.3 Å². The predicted octanol–water partition coefficient (Wildman–Crippen LogP) is 3.79. The lowest BCUT2D eigenvalue weighted by molar-refractivity contribution is -0.119. The second kappa shape index (κ2) is 7.96. The van der Waals surface area contributed by atoms with Gasteiger partial charge in [0, 0.05) is 23.0 Å². The average Bonchev–Trinajstić information content (AvgIpc) is 3.04. The quantitative estimate of drug-likeness (QED) is 0.654. The van der Waals surface area contributed by atoms with Gasteiger partial charge in [-0.1, -0.05) is 0 Å². The number of anilines is 2. The molecule has 2 N–H and O–H groups in total. The number of carbonyl (C=O) groups excluding carboxylic acids is 3. The molecule has 27 heavy (non-hydrogen) atoms. The molecule has 0 fully saturated rings. The Morgan fingerprint density at radius 2 is 1.67 bits per heavy atom. The van der Waals surface area contributed by atoms with Crippen molar-refractivity contribution in [2.75, 3.05) is 17.2 Å². The van der Waals surface area contributed by atoms with Crippen LogP contribution >= 0.6 is 11.3 Å². The fourth-order valence-corrected chi connectivity index (χ4v) is 3.29. The largest absolute Gasteiger partial charge is 0.451 e. The summed E-state index contributed by atoms with van der Waals surface area (Å²) >= 11 is 1.17. The first-order valence-corrected chi connectivity index (χ1v) is 8.76. The van der Waals surface area contributed by atoms with Crippen LogP contribution in [0.2, 0.25) is 0 Å². The van der Waals surface area contributed by atoms with Gasteiger partial charge in [0.2, 0.25) is 5.91 Å². The number of rotatable bonds is 5. The molecule has 0 aliphatic carbocycles. The van der Waals surface area contributed by atoms with Gasteiger partial charge in [0.05, 0.1) is 0 Å². The molecule has 1 aromatic heterocycles. The van der Waals surface area contributed by atoms with Crippen molar-refractivity contribution in [3.63, 3.8) is 0 Å². The minimum Gasteiger partial charge on any atom is -0.451 e. The van der Waals surface area contributed by atoms with E-state index in [4.69, 9.17) is 4.74 Å². The minimum atomic E-state index is -0.646. The molecule has 138 valence electrons. The highest BCUT2D eigenvalue weighted by molar-refractivity contribution is 7.20. The number of amides is 2. The second-order valence-electron chi connectivity index (χ2n) is 5.68. The number of ether oxygens (including phenoxy) is 1. The minimum absolute atomic E-state index is 0.192. The molecule has 0 bridgehead atoms. The highest BCUT2D eigenvalue weighted by Crippen LogP contribution is 2.26. The number of carbonyl (C=O) groups is 3. The molecule has 0 aliphatic rings. The van der Waals surface area contributed by atoms with Crippen LogP contribution in [-0.4, -0.2) is 24.4 Å². The summed E-state index contributed by atoms with van der Waals surface area (Å²) in [7, 11) is 0. The van der Waals surface area contributed by atoms with Crippen molar-refractivity contribution in [2.24, 2.45) is 0 Å². The van der Waals surface area contributed by atoms with E-state index in [-0.39, 0.29) is 11.7 Å². The Balaban J connectivity index is 1.54. The molecule has 3 aromatic rings. The van der Waals surface area contributed by atoms with E-state index in [2.05, 4.69) is 10.6 Å². The van der Waals surface area contributed by atoms with E-state index in [1.807, 2.05) is 0 Å². The van der Waals surface area contributed by atoms with Crippen molar-refractivity contribution in [3.05, 3.63) is 59.2 Å². The number of halogens is 1. The van der Waals surface area contributed by atoms with Crippen molar-refractivity contribution in [1.29, 1.82) is 0 Å². The molecule has 6 nitrogen and oxygen atoms in total. The van der Waals surface area contributed by atoms with Gasteiger partial charge in [-0.05, 0) is 53.9 Å². The van der Waals surface area contributed by atoms with Crippen molar-refractivity contribution in [1.82, 2.24) is 0 Å². The summed E-state index contributed by atoms with van der Waals surface area (Å²) in [6, 6.07) is 12.3. The Bertz CT molecular complexity index is 1010. The van der Waals surface area contributed by atoms with Gasteiger partial charge < -0.3 is 15.4 Å². The van der Waals surface area contributed by atoms with Crippen LogP contribution in [0.5, 0.6) is 0 Å². The van der Waals surface area contributed by atoms with E-state index >= 15 is 0 Å². The van der Waals surface area contributed by atoms with Crippen LogP contribution < -0.4 is 10.6 Å². The molecule has 0 unspecified atom stereocenters. The molecular weight excluding hydrogens is 371 g/mol. The zero-order chi connectivity index (χ0) is 19.4. The summed E-state index contributed by atoms with van der Waals surface area (Å²) in [5.41, 5.74) is 1.11. The van der Waals surface area contributed by atoms with Crippen molar-refractivity contribution < 1.29 is 23.5 Å². The van der Waals surface area contributed by atoms with E-state index < -0.39 is 18.5 Å². The monoisotopic (exact) mass is 386 g/mol. The SMILES string of the molecule is CC(=O)Nc1ccc(NC(=O)COC(=O)c2cc3cc(F)ccc3s2)cc1. The maximum absolute atomic E-state index is 13.2. The summed E-state index contributed by atoms with van der Waals surface area (Å²) in [5, 5.41) is 5.81. The topological polar surface area (TPSA) is 84.5 Å². The standard InChI is InChI=1S/C19H15FN2O4S/c1-11(23)21-14-3-5-15(6-4-14)22-18(24)10-26-19(25)17-9-12-8-13(20)2-7-16(12)27-17/h2-9H,10H2,1H3,(H,21,23)(H,22,24). The van der Waals surface area contributed by atoms with E-state index in [1.165, 1.54) is 36.5 Å². The predicted molar refractivity (Wildman–Crippen MR) is 101 cm³/mol. The first-order valence-electron chi connectivity index (χ1n) is 7.94. The first kappa shape index (κ1) is 18.5. The number of benzene rings is 2. The third-order valence-electron chi connectivity index (χ3n) is 3.50. The number of hydrogen-bond donors (Lipinski definition) is 2. The molecular formula is C19H15FN2O4S.